The number of benzene rings is 1. The van der Waals surface area contributed by atoms with E-state index in [1.165, 1.54) is 6.07 Å². The van der Waals surface area contributed by atoms with Gasteiger partial charge in [0.1, 0.15) is 5.82 Å². The first-order chi connectivity index (χ1) is 6.38. The molecule has 2 rings (SSSR count). The SMILES string of the molecule is Cl.Fc1ccccc1N1CCNCC1. The number of rotatable bonds is 1. The molecule has 0 atom stereocenters. The molecular formula is C10H14ClFN2. The Balaban J connectivity index is 0.000000980. The lowest BCUT2D eigenvalue weighted by molar-refractivity contribution is 0.566. The van der Waals surface area contributed by atoms with Gasteiger partial charge < -0.3 is 10.2 Å². The predicted octanol–water partition coefficient (Wildman–Crippen LogP) is 1.66. The molecule has 1 aromatic carbocycles. The average molecular weight is 217 g/mol. The van der Waals surface area contributed by atoms with E-state index in [2.05, 4.69) is 10.2 Å². The van der Waals surface area contributed by atoms with Gasteiger partial charge in [-0.05, 0) is 12.1 Å². The number of halogens is 2. The fourth-order valence-corrected chi connectivity index (χ4v) is 1.61. The van der Waals surface area contributed by atoms with E-state index in [0.29, 0.717) is 0 Å². The van der Waals surface area contributed by atoms with Crippen molar-refractivity contribution in [3.63, 3.8) is 0 Å². The lowest BCUT2D eigenvalue weighted by Crippen LogP contribution is -2.43. The van der Waals surface area contributed by atoms with Crippen molar-refractivity contribution < 1.29 is 4.39 Å². The van der Waals surface area contributed by atoms with Crippen LogP contribution in [0.2, 0.25) is 0 Å². The Bertz CT molecular complexity index is 287. The molecule has 0 saturated carbocycles. The molecule has 0 radical (unpaired) electrons. The van der Waals surface area contributed by atoms with Crippen molar-refractivity contribution >= 4 is 18.1 Å². The molecule has 1 fully saturated rings. The van der Waals surface area contributed by atoms with Crippen LogP contribution in [0.1, 0.15) is 0 Å². The van der Waals surface area contributed by atoms with Crippen LogP contribution in [0.5, 0.6) is 0 Å². The maximum absolute atomic E-state index is 13.3. The zero-order valence-electron chi connectivity index (χ0n) is 7.87. The third kappa shape index (κ3) is 2.36. The van der Waals surface area contributed by atoms with E-state index >= 15 is 0 Å². The average Bonchev–Trinajstić information content (AvgIpc) is 2.20. The van der Waals surface area contributed by atoms with Crippen molar-refractivity contribution in [2.24, 2.45) is 0 Å². The predicted molar refractivity (Wildman–Crippen MR) is 58.7 cm³/mol. The van der Waals surface area contributed by atoms with E-state index in [1.807, 2.05) is 12.1 Å². The molecule has 1 heterocycles. The summed E-state index contributed by atoms with van der Waals surface area (Å²) in [6.07, 6.45) is 0. The molecule has 78 valence electrons. The van der Waals surface area contributed by atoms with Crippen molar-refractivity contribution in [3.05, 3.63) is 30.1 Å². The second-order valence-electron chi connectivity index (χ2n) is 3.19. The maximum atomic E-state index is 13.3. The van der Waals surface area contributed by atoms with Crippen LogP contribution in [0.15, 0.2) is 24.3 Å². The van der Waals surface area contributed by atoms with Crippen LogP contribution in [-0.2, 0) is 0 Å². The topological polar surface area (TPSA) is 15.3 Å². The fraction of sp³-hybridized carbons (Fsp3) is 0.400. The molecule has 0 amide bonds. The summed E-state index contributed by atoms with van der Waals surface area (Å²) < 4.78 is 13.3. The Hall–Kier alpha value is -0.800. The first-order valence-corrected chi connectivity index (χ1v) is 4.58. The summed E-state index contributed by atoms with van der Waals surface area (Å²) in [5.41, 5.74) is 0.726. The maximum Gasteiger partial charge on any atom is 0.146 e. The van der Waals surface area contributed by atoms with Crippen molar-refractivity contribution in [1.82, 2.24) is 5.32 Å². The quantitative estimate of drug-likeness (QED) is 0.768. The number of hydrogen-bond acceptors (Lipinski definition) is 2. The van der Waals surface area contributed by atoms with Crippen LogP contribution in [0, 0.1) is 5.82 Å². The molecule has 1 aliphatic heterocycles. The highest BCUT2D eigenvalue weighted by molar-refractivity contribution is 5.85. The van der Waals surface area contributed by atoms with Gasteiger partial charge in [-0.15, -0.1) is 12.4 Å². The van der Waals surface area contributed by atoms with E-state index in [0.717, 1.165) is 31.9 Å². The molecule has 0 aliphatic carbocycles. The van der Waals surface area contributed by atoms with Crippen LogP contribution in [-0.4, -0.2) is 26.2 Å². The number of piperazine rings is 1. The third-order valence-corrected chi connectivity index (χ3v) is 2.31. The molecule has 0 unspecified atom stereocenters. The Kier molecular flexibility index (Phi) is 4.17. The van der Waals surface area contributed by atoms with Gasteiger partial charge in [0, 0.05) is 26.2 Å². The largest absolute Gasteiger partial charge is 0.367 e. The van der Waals surface area contributed by atoms with Gasteiger partial charge >= 0.3 is 0 Å². The summed E-state index contributed by atoms with van der Waals surface area (Å²) in [5, 5.41) is 3.24. The van der Waals surface area contributed by atoms with Crippen molar-refractivity contribution in [3.8, 4) is 0 Å². The van der Waals surface area contributed by atoms with Crippen LogP contribution >= 0.6 is 12.4 Å². The summed E-state index contributed by atoms with van der Waals surface area (Å²) in [6, 6.07) is 6.94. The van der Waals surface area contributed by atoms with Crippen molar-refractivity contribution in [2.45, 2.75) is 0 Å². The highest BCUT2D eigenvalue weighted by Gasteiger charge is 2.12. The zero-order chi connectivity index (χ0) is 9.10. The van der Waals surface area contributed by atoms with Gasteiger partial charge in [0.2, 0.25) is 0 Å². The minimum Gasteiger partial charge on any atom is -0.367 e. The molecule has 1 aromatic rings. The van der Waals surface area contributed by atoms with Gasteiger partial charge in [0.15, 0.2) is 0 Å². The Morgan fingerprint density at radius 3 is 2.43 bits per heavy atom. The normalized spacial score (nSPS) is 16.2. The number of hydrogen-bond donors (Lipinski definition) is 1. The first kappa shape index (κ1) is 11.3. The van der Waals surface area contributed by atoms with Gasteiger partial charge in [-0.3, -0.25) is 0 Å². The molecule has 14 heavy (non-hydrogen) atoms. The number of anilines is 1. The number of nitrogens with one attached hydrogen (secondary N) is 1. The Morgan fingerprint density at radius 2 is 1.79 bits per heavy atom. The molecule has 1 aliphatic rings. The van der Waals surface area contributed by atoms with Crippen LogP contribution in [0.3, 0.4) is 0 Å². The summed E-state index contributed by atoms with van der Waals surface area (Å²) >= 11 is 0. The smallest absolute Gasteiger partial charge is 0.146 e. The van der Waals surface area contributed by atoms with E-state index in [1.54, 1.807) is 6.07 Å². The third-order valence-electron chi connectivity index (χ3n) is 2.31. The lowest BCUT2D eigenvalue weighted by Gasteiger charge is -2.29. The Labute approximate surface area is 89.5 Å². The van der Waals surface area contributed by atoms with Crippen LogP contribution < -0.4 is 10.2 Å². The minimum absolute atomic E-state index is 0. The molecule has 1 saturated heterocycles. The number of nitrogens with zero attached hydrogens (tertiary/aromatic N) is 1. The standard InChI is InChI=1S/C10H13FN2.ClH/c11-9-3-1-2-4-10(9)13-7-5-12-6-8-13;/h1-4,12H,5-8H2;1H. The van der Waals surface area contributed by atoms with Crippen molar-refractivity contribution in [2.75, 3.05) is 31.1 Å². The summed E-state index contributed by atoms with van der Waals surface area (Å²) in [5.74, 6) is -0.121. The van der Waals surface area contributed by atoms with Gasteiger partial charge in [-0.1, -0.05) is 12.1 Å². The minimum atomic E-state index is -0.121. The molecule has 0 aromatic heterocycles. The van der Waals surface area contributed by atoms with Crippen molar-refractivity contribution in [1.29, 1.82) is 0 Å². The number of para-hydroxylation sites is 1. The summed E-state index contributed by atoms with van der Waals surface area (Å²) in [6.45, 7) is 3.66. The molecule has 2 nitrogen and oxygen atoms in total. The van der Waals surface area contributed by atoms with E-state index in [9.17, 15) is 4.39 Å². The van der Waals surface area contributed by atoms with E-state index < -0.39 is 0 Å². The van der Waals surface area contributed by atoms with Gasteiger partial charge in [-0.25, -0.2) is 4.39 Å². The Morgan fingerprint density at radius 1 is 1.14 bits per heavy atom. The van der Waals surface area contributed by atoms with E-state index in [4.69, 9.17) is 0 Å². The highest BCUT2D eigenvalue weighted by Crippen LogP contribution is 2.18. The van der Waals surface area contributed by atoms with Gasteiger partial charge in [0.05, 0.1) is 5.69 Å². The highest BCUT2D eigenvalue weighted by atomic mass is 35.5. The van der Waals surface area contributed by atoms with Crippen LogP contribution in [0.4, 0.5) is 10.1 Å². The fourth-order valence-electron chi connectivity index (χ4n) is 1.61. The summed E-state index contributed by atoms with van der Waals surface area (Å²) in [7, 11) is 0. The molecule has 1 N–H and O–H groups in total. The molecule has 0 spiro atoms. The second kappa shape index (κ2) is 5.17. The van der Waals surface area contributed by atoms with E-state index in [-0.39, 0.29) is 18.2 Å². The molecule has 0 bridgehead atoms. The molecule has 4 heteroatoms. The first-order valence-electron chi connectivity index (χ1n) is 4.58. The van der Waals surface area contributed by atoms with Crippen LogP contribution in [0.25, 0.3) is 0 Å². The zero-order valence-corrected chi connectivity index (χ0v) is 8.69. The monoisotopic (exact) mass is 216 g/mol. The van der Waals surface area contributed by atoms with Gasteiger partial charge in [0.25, 0.3) is 0 Å². The van der Waals surface area contributed by atoms with Gasteiger partial charge in [-0.2, -0.15) is 0 Å². The lowest BCUT2D eigenvalue weighted by atomic mass is 10.2. The summed E-state index contributed by atoms with van der Waals surface area (Å²) in [4.78, 5) is 2.08. The second-order valence-corrected chi connectivity index (χ2v) is 3.19. The molecular weight excluding hydrogens is 203 g/mol.